The first-order valence-electron chi connectivity index (χ1n) is 5.15. The van der Waals surface area contributed by atoms with Gasteiger partial charge in [-0.3, -0.25) is 9.69 Å². The zero-order valence-electron chi connectivity index (χ0n) is 8.99. The van der Waals surface area contributed by atoms with Gasteiger partial charge in [-0.15, -0.1) is 0 Å². The molecule has 0 atom stereocenters. The molecule has 1 rings (SSSR count). The number of rotatable bonds is 3. The van der Waals surface area contributed by atoms with Gasteiger partial charge in [0.25, 0.3) is 0 Å². The highest BCUT2D eigenvalue weighted by molar-refractivity contribution is 5.74. The van der Waals surface area contributed by atoms with Crippen LogP contribution >= 0.6 is 0 Å². The minimum atomic E-state index is -0.650. The average molecular weight is 197 g/mol. The molecule has 3 heteroatoms. The van der Waals surface area contributed by atoms with Crippen molar-refractivity contribution in [3.05, 3.63) is 12.2 Å². The maximum atomic E-state index is 11.0. The summed E-state index contributed by atoms with van der Waals surface area (Å²) in [6.07, 6.45) is 5.67. The molecule has 1 saturated heterocycles. The van der Waals surface area contributed by atoms with Crippen molar-refractivity contribution in [1.29, 1.82) is 0 Å². The van der Waals surface area contributed by atoms with Crippen molar-refractivity contribution < 1.29 is 9.90 Å². The number of nitrogens with zero attached hydrogens (tertiary/aromatic N) is 1. The van der Waals surface area contributed by atoms with Crippen LogP contribution in [0.2, 0.25) is 0 Å². The molecular weight excluding hydrogens is 178 g/mol. The molecule has 0 aliphatic carbocycles. The molecule has 0 radical (unpaired) electrons. The van der Waals surface area contributed by atoms with Gasteiger partial charge in [-0.1, -0.05) is 12.2 Å². The van der Waals surface area contributed by atoms with Gasteiger partial charge >= 0.3 is 5.97 Å². The highest BCUT2D eigenvalue weighted by Crippen LogP contribution is 2.30. The smallest absolute Gasteiger partial charge is 0.309 e. The van der Waals surface area contributed by atoms with Crippen LogP contribution in [0.1, 0.15) is 26.7 Å². The molecule has 0 bridgehead atoms. The third-order valence-electron chi connectivity index (χ3n) is 3.08. The molecule has 1 N–H and O–H groups in total. The highest BCUT2D eigenvalue weighted by atomic mass is 16.4. The van der Waals surface area contributed by atoms with Crippen molar-refractivity contribution in [3.63, 3.8) is 0 Å². The number of piperidine rings is 1. The Morgan fingerprint density at radius 3 is 2.50 bits per heavy atom. The van der Waals surface area contributed by atoms with E-state index in [0.717, 1.165) is 32.5 Å². The summed E-state index contributed by atoms with van der Waals surface area (Å²) in [7, 11) is 0. The van der Waals surface area contributed by atoms with E-state index in [1.165, 1.54) is 0 Å². The molecular formula is C11H19NO2. The molecule has 0 aromatic rings. The van der Waals surface area contributed by atoms with Gasteiger partial charge in [0.05, 0.1) is 5.41 Å². The van der Waals surface area contributed by atoms with Crippen LogP contribution in [0.3, 0.4) is 0 Å². The lowest BCUT2D eigenvalue weighted by Crippen LogP contribution is -2.42. The van der Waals surface area contributed by atoms with E-state index in [4.69, 9.17) is 5.11 Å². The van der Waals surface area contributed by atoms with Gasteiger partial charge in [0, 0.05) is 6.54 Å². The van der Waals surface area contributed by atoms with Crippen LogP contribution < -0.4 is 0 Å². The number of allylic oxidation sites excluding steroid dienone is 1. The second-order valence-electron chi connectivity index (χ2n) is 4.24. The Morgan fingerprint density at radius 1 is 1.50 bits per heavy atom. The predicted octanol–water partition coefficient (Wildman–Crippen LogP) is 1.75. The van der Waals surface area contributed by atoms with Crippen molar-refractivity contribution in [2.45, 2.75) is 26.7 Å². The summed E-state index contributed by atoms with van der Waals surface area (Å²) < 4.78 is 0. The Hall–Kier alpha value is -0.830. The van der Waals surface area contributed by atoms with Crippen molar-refractivity contribution in [2.24, 2.45) is 5.41 Å². The number of hydrogen-bond acceptors (Lipinski definition) is 2. The molecule has 0 aromatic carbocycles. The summed E-state index contributed by atoms with van der Waals surface area (Å²) >= 11 is 0. The first-order chi connectivity index (χ1) is 6.58. The maximum Gasteiger partial charge on any atom is 0.309 e. The van der Waals surface area contributed by atoms with E-state index < -0.39 is 11.4 Å². The molecule has 0 amide bonds. The van der Waals surface area contributed by atoms with Crippen molar-refractivity contribution >= 4 is 5.97 Å². The van der Waals surface area contributed by atoms with Gasteiger partial charge in [0.2, 0.25) is 0 Å². The zero-order chi connectivity index (χ0) is 10.6. The van der Waals surface area contributed by atoms with Crippen LogP contribution in [-0.2, 0) is 4.79 Å². The lowest BCUT2D eigenvalue weighted by atomic mass is 9.80. The summed E-state index contributed by atoms with van der Waals surface area (Å²) in [5, 5.41) is 9.03. The van der Waals surface area contributed by atoms with Gasteiger partial charge in [-0.05, 0) is 39.8 Å². The molecule has 1 fully saturated rings. The minimum absolute atomic E-state index is 0.494. The van der Waals surface area contributed by atoms with E-state index in [1.54, 1.807) is 0 Å². The summed E-state index contributed by atoms with van der Waals surface area (Å²) in [5.74, 6) is -0.650. The Bertz CT molecular complexity index is 227. The van der Waals surface area contributed by atoms with E-state index in [0.29, 0.717) is 0 Å². The molecule has 80 valence electrons. The summed E-state index contributed by atoms with van der Waals surface area (Å²) in [6, 6.07) is 0. The number of likely N-dealkylation sites (tertiary alicyclic amines) is 1. The number of carbonyl (C=O) groups is 1. The second-order valence-corrected chi connectivity index (χ2v) is 4.24. The van der Waals surface area contributed by atoms with Gasteiger partial charge in [0.15, 0.2) is 0 Å². The number of carboxylic acids is 1. The molecule has 1 aliphatic heterocycles. The van der Waals surface area contributed by atoms with Gasteiger partial charge in [-0.25, -0.2) is 0 Å². The SMILES string of the molecule is C/C=C/CN1CCC(C)(C(=O)O)CC1. The van der Waals surface area contributed by atoms with Crippen LogP contribution in [0.5, 0.6) is 0 Å². The quantitative estimate of drug-likeness (QED) is 0.701. The molecule has 14 heavy (non-hydrogen) atoms. The van der Waals surface area contributed by atoms with Crippen molar-refractivity contribution in [1.82, 2.24) is 4.90 Å². The van der Waals surface area contributed by atoms with E-state index >= 15 is 0 Å². The fourth-order valence-corrected chi connectivity index (χ4v) is 1.70. The lowest BCUT2D eigenvalue weighted by molar-refractivity contribution is -0.150. The summed E-state index contributed by atoms with van der Waals surface area (Å²) in [5.41, 5.74) is -0.494. The second kappa shape index (κ2) is 4.60. The van der Waals surface area contributed by atoms with E-state index in [1.807, 2.05) is 19.9 Å². The van der Waals surface area contributed by atoms with Crippen LogP contribution in [0.25, 0.3) is 0 Å². The first kappa shape index (κ1) is 11.2. The number of aliphatic carboxylic acids is 1. The monoisotopic (exact) mass is 197 g/mol. The Balaban J connectivity index is 2.41. The van der Waals surface area contributed by atoms with Crippen molar-refractivity contribution in [2.75, 3.05) is 19.6 Å². The minimum Gasteiger partial charge on any atom is -0.481 e. The first-order valence-corrected chi connectivity index (χ1v) is 5.15. The Kier molecular flexibility index (Phi) is 3.69. The topological polar surface area (TPSA) is 40.5 Å². The molecule has 3 nitrogen and oxygen atoms in total. The molecule has 0 spiro atoms. The zero-order valence-corrected chi connectivity index (χ0v) is 8.99. The number of hydrogen-bond donors (Lipinski definition) is 1. The van der Waals surface area contributed by atoms with Crippen molar-refractivity contribution in [3.8, 4) is 0 Å². The molecule has 1 aliphatic rings. The van der Waals surface area contributed by atoms with Gasteiger partial charge in [-0.2, -0.15) is 0 Å². The number of carboxylic acid groups (broad SMARTS) is 1. The van der Waals surface area contributed by atoms with E-state index in [-0.39, 0.29) is 0 Å². The molecule has 0 unspecified atom stereocenters. The maximum absolute atomic E-state index is 11.0. The third-order valence-corrected chi connectivity index (χ3v) is 3.08. The average Bonchev–Trinajstić information content (AvgIpc) is 2.17. The van der Waals surface area contributed by atoms with Crippen LogP contribution in [-0.4, -0.2) is 35.6 Å². The largest absolute Gasteiger partial charge is 0.481 e. The summed E-state index contributed by atoms with van der Waals surface area (Å²) in [4.78, 5) is 13.3. The van der Waals surface area contributed by atoms with Crippen LogP contribution in [0.4, 0.5) is 0 Å². The summed E-state index contributed by atoms with van der Waals surface area (Å²) in [6.45, 7) is 6.60. The fourth-order valence-electron chi connectivity index (χ4n) is 1.70. The third kappa shape index (κ3) is 2.58. The molecule has 1 heterocycles. The van der Waals surface area contributed by atoms with E-state index in [9.17, 15) is 4.79 Å². The van der Waals surface area contributed by atoms with Crippen LogP contribution in [0, 0.1) is 5.41 Å². The van der Waals surface area contributed by atoms with Gasteiger partial charge < -0.3 is 5.11 Å². The van der Waals surface area contributed by atoms with Crippen LogP contribution in [0.15, 0.2) is 12.2 Å². The lowest BCUT2D eigenvalue weighted by Gasteiger charge is -2.35. The Morgan fingerprint density at radius 2 is 2.07 bits per heavy atom. The normalized spacial score (nSPS) is 22.7. The predicted molar refractivity (Wildman–Crippen MR) is 56.2 cm³/mol. The highest BCUT2D eigenvalue weighted by Gasteiger charge is 2.36. The standard InChI is InChI=1S/C11H19NO2/c1-3-4-7-12-8-5-11(2,6-9-12)10(13)14/h3-4H,5-9H2,1-2H3,(H,13,14)/b4-3+. The van der Waals surface area contributed by atoms with Gasteiger partial charge in [0.1, 0.15) is 0 Å². The fraction of sp³-hybridized carbons (Fsp3) is 0.727. The molecule has 0 aromatic heterocycles. The molecule has 0 saturated carbocycles. The van der Waals surface area contributed by atoms with E-state index in [2.05, 4.69) is 11.0 Å². The Labute approximate surface area is 85.4 Å².